The molecule has 5 aromatic rings. The van der Waals surface area contributed by atoms with Gasteiger partial charge in [-0.15, -0.1) is 5.10 Å². The molecule has 1 aliphatic heterocycles. The molecule has 4 heterocycles. The standard InChI is InChI=1S/C28H26FN7O3/c1-18-4-2-5-20-16-22(27(37)30-24(18)20)25(26-31-32-33-36(26)17-19-7-9-21(29)10-8-19)34-11-13-35(14-12-34)28(38)23-6-3-15-39-23/h2-10,15-16,25H,11-14,17H2,1H3,(H,30,37)/t25-/m0/s1. The lowest BCUT2D eigenvalue weighted by Gasteiger charge is -2.38. The van der Waals surface area contributed by atoms with E-state index in [1.807, 2.05) is 31.2 Å². The van der Waals surface area contributed by atoms with Gasteiger partial charge in [-0.05, 0) is 64.2 Å². The predicted octanol–water partition coefficient (Wildman–Crippen LogP) is 3.15. The summed E-state index contributed by atoms with van der Waals surface area (Å²) < 4.78 is 20.4. The van der Waals surface area contributed by atoms with Gasteiger partial charge in [-0.3, -0.25) is 14.5 Å². The summed E-state index contributed by atoms with van der Waals surface area (Å²) in [6.07, 6.45) is 1.48. The molecule has 198 valence electrons. The Balaban J connectivity index is 1.37. The Morgan fingerprint density at radius 3 is 2.62 bits per heavy atom. The van der Waals surface area contributed by atoms with E-state index in [9.17, 15) is 14.0 Å². The van der Waals surface area contributed by atoms with Gasteiger partial charge >= 0.3 is 0 Å². The fourth-order valence-corrected chi connectivity index (χ4v) is 5.12. The van der Waals surface area contributed by atoms with Crippen LogP contribution in [0, 0.1) is 12.7 Å². The molecule has 0 radical (unpaired) electrons. The third-order valence-electron chi connectivity index (χ3n) is 7.16. The molecule has 1 N–H and O–H groups in total. The molecule has 0 unspecified atom stereocenters. The lowest BCUT2D eigenvalue weighted by molar-refractivity contribution is 0.0558. The van der Waals surface area contributed by atoms with E-state index in [1.165, 1.54) is 18.4 Å². The van der Waals surface area contributed by atoms with E-state index in [1.54, 1.807) is 33.8 Å². The van der Waals surface area contributed by atoms with Crippen molar-refractivity contribution in [3.8, 4) is 0 Å². The van der Waals surface area contributed by atoms with Gasteiger partial charge in [-0.2, -0.15) is 0 Å². The van der Waals surface area contributed by atoms with Crippen LogP contribution in [0.15, 0.2) is 76.1 Å². The van der Waals surface area contributed by atoms with Crippen molar-refractivity contribution in [1.29, 1.82) is 0 Å². The zero-order valence-electron chi connectivity index (χ0n) is 21.2. The number of hydrogen-bond donors (Lipinski definition) is 1. The maximum Gasteiger partial charge on any atom is 0.289 e. The van der Waals surface area contributed by atoms with Gasteiger partial charge in [-0.1, -0.05) is 30.3 Å². The minimum absolute atomic E-state index is 0.170. The fraction of sp³-hybridized carbons (Fsp3) is 0.250. The maximum absolute atomic E-state index is 13.5. The number of benzene rings is 2. The summed E-state index contributed by atoms with van der Waals surface area (Å²) >= 11 is 0. The smallest absolute Gasteiger partial charge is 0.289 e. The Morgan fingerprint density at radius 1 is 1.08 bits per heavy atom. The number of piperazine rings is 1. The molecule has 0 spiro atoms. The lowest BCUT2D eigenvalue weighted by Crippen LogP contribution is -2.50. The van der Waals surface area contributed by atoms with Gasteiger partial charge in [0.15, 0.2) is 11.6 Å². The summed E-state index contributed by atoms with van der Waals surface area (Å²) in [4.78, 5) is 33.3. The monoisotopic (exact) mass is 527 g/mol. The van der Waals surface area contributed by atoms with Crippen molar-refractivity contribution in [3.63, 3.8) is 0 Å². The first-order chi connectivity index (χ1) is 19.0. The molecule has 10 nitrogen and oxygen atoms in total. The normalized spacial score (nSPS) is 15.1. The number of carbonyl (C=O) groups excluding carboxylic acids is 1. The summed E-state index contributed by atoms with van der Waals surface area (Å²) in [6.45, 7) is 4.13. The summed E-state index contributed by atoms with van der Waals surface area (Å²) in [5, 5.41) is 13.4. The molecule has 11 heteroatoms. The van der Waals surface area contributed by atoms with Gasteiger partial charge in [0.05, 0.1) is 18.3 Å². The second-order valence-electron chi connectivity index (χ2n) is 9.62. The quantitative estimate of drug-likeness (QED) is 0.361. The first-order valence-corrected chi connectivity index (χ1v) is 12.7. The Labute approximate surface area is 222 Å². The van der Waals surface area contributed by atoms with Crippen molar-refractivity contribution in [3.05, 3.63) is 111 Å². The van der Waals surface area contributed by atoms with Crippen LogP contribution < -0.4 is 5.56 Å². The maximum atomic E-state index is 13.5. The van der Waals surface area contributed by atoms with E-state index in [2.05, 4.69) is 25.4 Å². The van der Waals surface area contributed by atoms with Crippen LogP contribution >= 0.6 is 0 Å². The van der Waals surface area contributed by atoms with Gasteiger partial charge in [0.1, 0.15) is 11.9 Å². The van der Waals surface area contributed by atoms with E-state index in [4.69, 9.17) is 4.42 Å². The summed E-state index contributed by atoms with van der Waals surface area (Å²) in [7, 11) is 0. The van der Waals surface area contributed by atoms with Gasteiger partial charge in [0.25, 0.3) is 11.5 Å². The van der Waals surface area contributed by atoms with Crippen LogP contribution in [0.4, 0.5) is 4.39 Å². The fourth-order valence-electron chi connectivity index (χ4n) is 5.12. The van der Waals surface area contributed by atoms with Gasteiger partial charge in [0.2, 0.25) is 0 Å². The van der Waals surface area contributed by atoms with Crippen LogP contribution in [0.5, 0.6) is 0 Å². The number of halogens is 1. The molecule has 0 aliphatic carbocycles. The third kappa shape index (κ3) is 4.84. The predicted molar refractivity (Wildman–Crippen MR) is 141 cm³/mol. The molecule has 1 fully saturated rings. The first-order valence-electron chi connectivity index (χ1n) is 12.7. The summed E-state index contributed by atoms with van der Waals surface area (Å²) in [5.41, 5.74) is 2.85. The van der Waals surface area contributed by atoms with Gasteiger partial charge in [-0.25, -0.2) is 9.07 Å². The Kier molecular flexibility index (Phi) is 6.49. The van der Waals surface area contributed by atoms with Crippen molar-refractivity contribution in [2.45, 2.75) is 19.5 Å². The highest BCUT2D eigenvalue weighted by molar-refractivity contribution is 5.91. The second kappa shape index (κ2) is 10.3. The molecule has 1 amide bonds. The van der Waals surface area contributed by atoms with E-state index in [0.29, 0.717) is 49.9 Å². The Bertz CT molecular complexity index is 1670. The Morgan fingerprint density at radius 2 is 1.87 bits per heavy atom. The highest BCUT2D eigenvalue weighted by atomic mass is 19.1. The molecular formula is C28H26FN7O3. The third-order valence-corrected chi connectivity index (χ3v) is 7.16. The molecule has 0 saturated carbocycles. The van der Waals surface area contributed by atoms with Crippen molar-refractivity contribution in [1.82, 2.24) is 35.0 Å². The zero-order chi connectivity index (χ0) is 26.9. The first kappa shape index (κ1) is 24.7. The molecule has 1 atom stereocenters. The van der Waals surface area contributed by atoms with Crippen LogP contribution in [-0.4, -0.2) is 67.1 Å². The molecule has 39 heavy (non-hydrogen) atoms. The minimum atomic E-state index is -0.574. The largest absolute Gasteiger partial charge is 0.459 e. The number of tetrazole rings is 1. The molecule has 1 aliphatic rings. The van der Waals surface area contributed by atoms with Crippen LogP contribution in [0.3, 0.4) is 0 Å². The van der Waals surface area contributed by atoms with Crippen LogP contribution in [-0.2, 0) is 6.54 Å². The number of aromatic nitrogens is 5. The van der Waals surface area contributed by atoms with Crippen molar-refractivity contribution in [2.75, 3.05) is 26.2 Å². The van der Waals surface area contributed by atoms with Crippen LogP contribution in [0.25, 0.3) is 10.9 Å². The highest BCUT2D eigenvalue weighted by Gasteiger charge is 2.34. The molecular weight excluding hydrogens is 501 g/mol. The minimum Gasteiger partial charge on any atom is -0.459 e. The second-order valence-corrected chi connectivity index (χ2v) is 9.62. The van der Waals surface area contributed by atoms with Crippen LogP contribution in [0.1, 0.15) is 39.1 Å². The van der Waals surface area contributed by atoms with E-state index in [0.717, 1.165) is 22.0 Å². The number of nitrogens with one attached hydrogen (secondary N) is 1. The number of hydrogen-bond acceptors (Lipinski definition) is 7. The lowest BCUT2D eigenvalue weighted by atomic mass is 10.0. The van der Waals surface area contributed by atoms with Gasteiger partial charge in [0, 0.05) is 31.7 Å². The summed E-state index contributed by atoms with van der Waals surface area (Å²) in [5.74, 6) is 0.289. The van der Waals surface area contributed by atoms with Crippen LogP contribution in [0.2, 0.25) is 0 Å². The number of aromatic amines is 1. The molecule has 2 aromatic carbocycles. The number of furan rings is 1. The van der Waals surface area contributed by atoms with E-state index >= 15 is 0 Å². The number of rotatable bonds is 6. The molecule has 6 rings (SSSR count). The topological polar surface area (TPSA) is 113 Å². The molecule has 3 aromatic heterocycles. The van der Waals surface area contributed by atoms with Crippen molar-refractivity contribution in [2.24, 2.45) is 0 Å². The summed E-state index contributed by atoms with van der Waals surface area (Å²) in [6, 6.07) is 16.7. The Hall–Kier alpha value is -4.64. The van der Waals surface area contributed by atoms with E-state index in [-0.39, 0.29) is 17.3 Å². The molecule has 0 bridgehead atoms. The number of aryl methyl sites for hydroxylation is 1. The van der Waals surface area contributed by atoms with E-state index < -0.39 is 6.04 Å². The SMILES string of the molecule is Cc1cccc2cc([C@@H](c3nnnn3Cc3ccc(F)cc3)N3CCN(C(=O)c4ccco4)CC3)c(=O)[nH]c12. The number of H-pyrrole nitrogens is 1. The van der Waals surface area contributed by atoms with Gasteiger partial charge < -0.3 is 14.3 Å². The number of carbonyl (C=O) groups is 1. The zero-order valence-corrected chi connectivity index (χ0v) is 21.2. The average Bonchev–Trinajstić information content (AvgIpc) is 3.64. The average molecular weight is 528 g/mol. The number of nitrogens with zero attached hydrogens (tertiary/aromatic N) is 6. The number of pyridine rings is 1. The molecule has 1 saturated heterocycles. The number of amides is 1. The number of para-hydroxylation sites is 1. The van der Waals surface area contributed by atoms with Crippen molar-refractivity contribution >= 4 is 16.8 Å². The highest BCUT2D eigenvalue weighted by Crippen LogP contribution is 2.29. The number of fused-ring (bicyclic) bond motifs is 1. The van der Waals surface area contributed by atoms with Crippen molar-refractivity contribution < 1.29 is 13.6 Å².